The largest absolute Gasteiger partial charge is 0.468 e. The van der Waals surface area contributed by atoms with E-state index in [9.17, 15) is 9.59 Å². The first-order chi connectivity index (χ1) is 7.15. The maximum Gasteiger partial charge on any atom is 0.325 e. The summed E-state index contributed by atoms with van der Waals surface area (Å²) in [5.74, 6) is -0.611. The Morgan fingerprint density at radius 1 is 1.33 bits per heavy atom. The molecule has 0 aromatic heterocycles. The summed E-state index contributed by atoms with van der Waals surface area (Å²) in [6.45, 7) is 3.92. The van der Waals surface area contributed by atoms with Gasteiger partial charge in [-0.1, -0.05) is 26.3 Å². The van der Waals surface area contributed by atoms with E-state index in [0.29, 0.717) is 0 Å². The number of rotatable bonds is 6. The van der Waals surface area contributed by atoms with Gasteiger partial charge in [0.25, 0.3) is 0 Å². The van der Waals surface area contributed by atoms with Gasteiger partial charge in [-0.15, -0.1) is 0 Å². The van der Waals surface area contributed by atoms with E-state index in [1.807, 2.05) is 19.9 Å². The zero-order valence-electron chi connectivity index (χ0n) is 9.63. The Bertz CT molecular complexity index is 246. The Kier molecular flexibility index (Phi) is 7.32. The SMILES string of the molecule is CCC=C(CCC)C(=O)NCC(=O)OC. The van der Waals surface area contributed by atoms with Gasteiger partial charge in [-0.3, -0.25) is 9.59 Å². The van der Waals surface area contributed by atoms with Crippen LogP contribution in [0.25, 0.3) is 0 Å². The first-order valence-corrected chi connectivity index (χ1v) is 5.19. The molecule has 0 unspecified atom stereocenters. The fourth-order valence-corrected chi connectivity index (χ4v) is 1.16. The lowest BCUT2D eigenvalue weighted by molar-refractivity contribution is -0.140. The Morgan fingerprint density at radius 2 is 2.00 bits per heavy atom. The Balaban J connectivity index is 4.15. The van der Waals surface area contributed by atoms with Gasteiger partial charge in [-0.05, 0) is 12.8 Å². The molecule has 0 bridgehead atoms. The lowest BCUT2D eigenvalue weighted by Crippen LogP contribution is -2.31. The van der Waals surface area contributed by atoms with E-state index in [4.69, 9.17) is 0 Å². The zero-order chi connectivity index (χ0) is 11.7. The summed E-state index contributed by atoms with van der Waals surface area (Å²) in [5.41, 5.74) is 0.740. The summed E-state index contributed by atoms with van der Waals surface area (Å²) in [7, 11) is 1.29. The Morgan fingerprint density at radius 3 is 2.47 bits per heavy atom. The summed E-state index contributed by atoms with van der Waals surface area (Å²) in [5, 5.41) is 2.52. The molecule has 0 aliphatic heterocycles. The van der Waals surface area contributed by atoms with Crippen molar-refractivity contribution in [3.63, 3.8) is 0 Å². The summed E-state index contributed by atoms with van der Waals surface area (Å²) in [6.07, 6.45) is 4.36. The maximum absolute atomic E-state index is 11.6. The van der Waals surface area contributed by atoms with Gasteiger partial charge < -0.3 is 10.1 Å². The number of amides is 1. The molecule has 0 aliphatic carbocycles. The van der Waals surface area contributed by atoms with E-state index >= 15 is 0 Å². The van der Waals surface area contributed by atoms with Crippen LogP contribution < -0.4 is 5.32 Å². The number of carbonyl (C=O) groups is 2. The number of ether oxygens (including phenoxy) is 1. The minimum absolute atomic E-state index is 0.0693. The molecule has 15 heavy (non-hydrogen) atoms. The van der Waals surface area contributed by atoms with Gasteiger partial charge in [0.15, 0.2) is 0 Å². The first kappa shape index (κ1) is 13.7. The average Bonchev–Trinajstić information content (AvgIpc) is 2.25. The third kappa shape index (κ3) is 5.88. The van der Waals surface area contributed by atoms with Crippen LogP contribution in [0.5, 0.6) is 0 Å². The molecule has 0 radical (unpaired) electrons. The third-order valence-corrected chi connectivity index (χ3v) is 1.88. The van der Waals surface area contributed by atoms with Crippen molar-refractivity contribution in [2.45, 2.75) is 33.1 Å². The molecule has 0 heterocycles. The molecule has 0 spiro atoms. The van der Waals surface area contributed by atoms with E-state index in [1.165, 1.54) is 7.11 Å². The normalized spacial score (nSPS) is 11.0. The molecular formula is C11H19NO3. The van der Waals surface area contributed by atoms with Crippen molar-refractivity contribution in [3.8, 4) is 0 Å². The molecular weight excluding hydrogens is 194 g/mol. The van der Waals surface area contributed by atoms with Crippen molar-refractivity contribution in [3.05, 3.63) is 11.6 Å². The highest BCUT2D eigenvalue weighted by Gasteiger charge is 2.09. The molecule has 0 aliphatic rings. The second kappa shape index (κ2) is 8.03. The minimum Gasteiger partial charge on any atom is -0.468 e. The first-order valence-electron chi connectivity index (χ1n) is 5.19. The number of carbonyl (C=O) groups excluding carboxylic acids is 2. The van der Waals surface area contributed by atoms with Gasteiger partial charge in [0, 0.05) is 5.57 Å². The highest BCUT2D eigenvalue weighted by molar-refractivity contribution is 5.95. The zero-order valence-corrected chi connectivity index (χ0v) is 9.63. The van der Waals surface area contributed by atoms with E-state index in [2.05, 4.69) is 10.1 Å². The molecule has 0 aromatic rings. The Hall–Kier alpha value is -1.32. The predicted octanol–water partition coefficient (Wildman–Crippen LogP) is 1.41. The van der Waals surface area contributed by atoms with E-state index < -0.39 is 5.97 Å². The van der Waals surface area contributed by atoms with Crippen molar-refractivity contribution in [2.24, 2.45) is 0 Å². The average molecular weight is 213 g/mol. The molecule has 86 valence electrons. The van der Waals surface area contributed by atoms with Crippen LogP contribution in [0.3, 0.4) is 0 Å². The van der Waals surface area contributed by atoms with Crippen LogP contribution >= 0.6 is 0 Å². The highest BCUT2D eigenvalue weighted by Crippen LogP contribution is 2.05. The van der Waals surface area contributed by atoms with Crippen LogP contribution in [0, 0.1) is 0 Å². The number of hydrogen-bond acceptors (Lipinski definition) is 3. The highest BCUT2D eigenvalue weighted by atomic mass is 16.5. The molecule has 1 amide bonds. The summed E-state index contributed by atoms with van der Waals surface area (Å²) in [4.78, 5) is 22.4. The topological polar surface area (TPSA) is 55.4 Å². The second-order valence-corrected chi connectivity index (χ2v) is 3.15. The smallest absolute Gasteiger partial charge is 0.325 e. The van der Waals surface area contributed by atoms with Crippen molar-refractivity contribution < 1.29 is 14.3 Å². The van der Waals surface area contributed by atoms with Gasteiger partial charge in [0.1, 0.15) is 6.54 Å². The van der Waals surface area contributed by atoms with Gasteiger partial charge in [-0.25, -0.2) is 0 Å². The number of esters is 1. The molecule has 0 fully saturated rings. The van der Waals surface area contributed by atoms with Crippen molar-refractivity contribution >= 4 is 11.9 Å². The number of hydrogen-bond donors (Lipinski definition) is 1. The van der Waals surface area contributed by atoms with Crippen LogP contribution in [-0.4, -0.2) is 25.5 Å². The van der Waals surface area contributed by atoms with Crippen LogP contribution in [0.15, 0.2) is 11.6 Å². The van der Waals surface area contributed by atoms with Gasteiger partial charge >= 0.3 is 5.97 Å². The molecule has 0 saturated carbocycles. The number of allylic oxidation sites excluding steroid dienone is 1. The lowest BCUT2D eigenvalue weighted by atomic mass is 10.1. The fraction of sp³-hybridized carbons (Fsp3) is 0.636. The van der Waals surface area contributed by atoms with Crippen molar-refractivity contribution in [1.82, 2.24) is 5.32 Å². The van der Waals surface area contributed by atoms with Gasteiger partial charge in [0.05, 0.1) is 7.11 Å². The van der Waals surface area contributed by atoms with Crippen LogP contribution in [-0.2, 0) is 14.3 Å². The molecule has 4 nitrogen and oxygen atoms in total. The quantitative estimate of drug-likeness (QED) is 0.536. The van der Waals surface area contributed by atoms with Gasteiger partial charge in [0.2, 0.25) is 5.91 Å². The van der Waals surface area contributed by atoms with E-state index in [0.717, 1.165) is 24.8 Å². The molecule has 0 saturated heterocycles. The standard InChI is InChI=1S/C11H19NO3/c1-4-6-9(7-5-2)11(14)12-8-10(13)15-3/h6H,4-5,7-8H2,1-3H3,(H,12,14). The Labute approximate surface area is 90.7 Å². The van der Waals surface area contributed by atoms with Crippen LogP contribution in [0.4, 0.5) is 0 Å². The summed E-state index contributed by atoms with van der Waals surface area (Å²) < 4.78 is 4.43. The maximum atomic E-state index is 11.6. The molecule has 0 rings (SSSR count). The molecule has 4 heteroatoms. The van der Waals surface area contributed by atoms with Crippen LogP contribution in [0.2, 0.25) is 0 Å². The lowest BCUT2D eigenvalue weighted by Gasteiger charge is -2.06. The fourth-order valence-electron chi connectivity index (χ4n) is 1.16. The minimum atomic E-state index is -0.435. The molecule has 1 N–H and O–H groups in total. The second-order valence-electron chi connectivity index (χ2n) is 3.15. The third-order valence-electron chi connectivity index (χ3n) is 1.88. The molecule has 0 atom stereocenters. The molecule has 0 aromatic carbocycles. The number of nitrogens with one attached hydrogen (secondary N) is 1. The summed E-state index contributed by atoms with van der Waals surface area (Å²) >= 11 is 0. The monoisotopic (exact) mass is 213 g/mol. The van der Waals surface area contributed by atoms with Crippen molar-refractivity contribution in [2.75, 3.05) is 13.7 Å². The summed E-state index contributed by atoms with van der Waals surface area (Å²) in [6, 6.07) is 0. The van der Waals surface area contributed by atoms with Crippen molar-refractivity contribution in [1.29, 1.82) is 0 Å². The number of methoxy groups -OCH3 is 1. The van der Waals surface area contributed by atoms with E-state index in [-0.39, 0.29) is 12.5 Å². The van der Waals surface area contributed by atoms with E-state index in [1.54, 1.807) is 0 Å². The van der Waals surface area contributed by atoms with Crippen LogP contribution in [0.1, 0.15) is 33.1 Å². The predicted molar refractivity (Wildman–Crippen MR) is 58.3 cm³/mol. The van der Waals surface area contributed by atoms with Gasteiger partial charge in [-0.2, -0.15) is 0 Å².